The molecule has 0 saturated carbocycles. The van der Waals surface area contributed by atoms with Crippen molar-refractivity contribution in [2.75, 3.05) is 37.0 Å². The van der Waals surface area contributed by atoms with Crippen molar-refractivity contribution in [2.24, 2.45) is 5.92 Å². The lowest BCUT2D eigenvalue weighted by Crippen LogP contribution is -2.35. The van der Waals surface area contributed by atoms with E-state index in [1.807, 2.05) is 7.05 Å². The quantitative estimate of drug-likeness (QED) is 0.834. The summed E-state index contributed by atoms with van der Waals surface area (Å²) in [6, 6.07) is 0.418. The van der Waals surface area contributed by atoms with Crippen molar-refractivity contribution in [1.29, 1.82) is 0 Å². The maximum absolute atomic E-state index is 5.56. The minimum absolute atomic E-state index is 0.418. The van der Waals surface area contributed by atoms with Crippen LogP contribution in [0.15, 0.2) is 0 Å². The second-order valence-corrected chi connectivity index (χ2v) is 5.56. The highest BCUT2D eigenvalue weighted by Gasteiger charge is 2.21. The molecule has 1 N–H and O–H groups in total. The molecule has 6 heteroatoms. The van der Waals surface area contributed by atoms with Crippen LogP contribution < -0.4 is 15.0 Å². The van der Waals surface area contributed by atoms with Gasteiger partial charge < -0.3 is 15.0 Å². The predicted molar refractivity (Wildman–Crippen MR) is 85.0 cm³/mol. The molecular weight excluding hydrogens is 266 g/mol. The van der Waals surface area contributed by atoms with Gasteiger partial charge in [-0.2, -0.15) is 15.0 Å². The number of piperidine rings is 1. The Morgan fingerprint density at radius 1 is 1.14 bits per heavy atom. The van der Waals surface area contributed by atoms with Crippen molar-refractivity contribution in [1.82, 2.24) is 15.0 Å². The molecule has 0 unspecified atom stereocenters. The third-order valence-electron chi connectivity index (χ3n) is 3.86. The molecule has 0 aliphatic carbocycles. The highest BCUT2D eigenvalue weighted by molar-refractivity contribution is 5.38. The summed E-state index contributed by atoms with van der Waals surface area (Å²) in [5, 5.41) is 2.98. The first-order chi connectivity index (χ1) is 10.3. The van der Waals surface area contributed by atoms with Crippen LogP contribution in [0.1, 0.15) is 46.0 Å². The van der Waals surface area contributed by atoms with Crippen LogP contribution in [0.3, 0.4) is 0 Å². The molecule has 0 aromatic carbocycles. The third-order valence-corrected chi connectivity index (χ3v) is 3.86. The maximum atomic E-state index is 5.56. The van der Waals surface area contributed by atoms with Crippen molar-refractivity contribution in [2.45, 2.75) is 46.0 Å². The van der Waals surface area contributed by atoms with E-state index in [-0.39, 0.29) is 0 Å². The minimum atomic E-state index is 0.418. The van der Waals surface area contributed by atoms with Crippen LogP contribution in [0.5, 0.6) is 6.01 Å². The molecule has 1 fully saturated rings. The topological polar surface area (TPSA) is 63.2 Å². The van der Waals surface area contributed by atoms with Crippen molar-refractivity contribution < 1.29 is 4.74 Å². The number of aromatic nitrogens is 3. The van der Waals surface area contributed by atoms with E-state index in [9.17, 15) is 0 Å². The van der Waals surface area contributed by atoms with E-state index in [2.05, 4.69) is 39.0 Å². The van der Waals surface area contributed by atoms with Gasteiger partial charge in [0.15, 0.2) is 0 Å². The maximum Gasteiger partial charge on any atom is 0.323 e. The Hall–Kier alpha value is -1.59. The Bertz CT molecular complexity index is 432. The van der Waals surface area contributed by atoms with E-state index >= 15 is 0 Å². The normalized spacial score (nSPS) is 16.0. The van der Waals surface area contributed by atoms with Crippen LogP contribution in [0.25, 0.3) is 0 Å². The molecule has 21 heavy (non-hydrogen) atoms. The summed E-state index contributed by atoms with van der Waals surface area (Å²) in [6.45, 7) is 7.00. The van der Waals surface area contributed by atoms with Gasteiger partial charge in [-0.25, -0.2) is 0 Å². The second kappa shape index (κ2) is 8.00. The fraction of sp³-hybridized carbons (Fsp3) is 0.800. The average molecular weight is 293 g/mol. The molecule has 6 nitrogen and oxygen atoms in total. The summed E-state index contributed by atoms with van der Waals surface area (Å²) in [6.07, 6.45) is 5.99. The van der Waals surface area contributed by atoms with Gasteiger partial charge >= 0.3 is 6.01 Å². The number of nitrogens with zero attached hydrogens (tertiary/aromatic N) is 4. The van der Waals surface area contributed by atoms with Gasteiger partial charge in [0.05, 0.1) is 6.61 Å². The SMILES string of the molecule is CCCOc1nc(NC)nc(N2CCC(CCC)CC2)n1. The van der Waals surface area contributed by atoms with Gasteiger partial charge in [0.1, 0.15) is 0 Å². The molecule has 2 rings (SSSR count). The molecule has 118 valence electrons. The zero-order chi connectivity index (χ0) is 15.1. The van der Waals surface area contributed by atoms with Crippen LogP contribution in [0, 0.1) is 5.92 Å². The molecule has 1 saturated heterocycles. The zero-order valence-corrected chi connectivity index (χ0v) is 13.4. The molecule has 0 amide bonds. The highest BCUT2D eigenvalue weighted by Crippen LogP contribution is 2.25. The highest BCUT2D eigenvalue weighted by atomic mass is 16.5. The average Bonchev–Trinajstić information content (AvgIpc) is 2.53. The summed E-state index contributed by atoms with van der Waals surface area (Å²) in [7, 11) is 1.82. The van der Waals surface area contributed by atoms with E-state index in [0.717, 1.165) is 31.4 Å². The van der Waals surface area contributed by atoms with Gasteiger partial charge in [-0.05, 0) is 25.2 Å². The predicted octanol–water partition coefficient (Wildman–Crippen LogP) is 2.72. The number of ether oxygens (including phenoxy) is 1. The lowest BCUT2D eigenvalue weighted by molar-refractivity contribution is 0.291. The number of anilines is 2. The van der Waals surface area contributed by atoms with Gasteiger partial charge in [-0.1, -0.05) is 26.7 Å². The Morgan fingerprint density at radius 2 is 1.90 bits per heavy atom. The molecule has 1 aliphatic heterocycles. The monoisotopic (exact) mass is 293 g/mol. The first-order valence-electron chi connectivity index (χ1n) is 8.08. The molecule has 1 aromatic heterocycles. The van der Waals surface area contributed by atoms with E-state index in [4.69, 9.17) is 4.74 Å². The summed E-state index contributed by atoms with van der Waals surface area (Å²) in [5.74, 6) is 2.16. The van der Waals surface area contributed by atoms with E-state index < -0.39 is 0 Å². The van der Waals surface area contributed by atoms with Crippen molar-refractivity contribution in [3.05, 3.63) is 0 Å². The Labute approximate surface area is 127 Å². The first-order valence-corrected chi connectivity index (χ1v) is 8.08. The largest absolute Gasteiger partial charge is 0.463 e. The molecule has 0 spiro atoms. The van der Waals surface area contributed by atoms with Crippen LogP contribution >= 0.6 is 0 Å². The fourth-order valence-corrected chi connectivity index (χ4v) is 2.69. The summed E-state index contributed by atoms with van der Waals surface area (Å²) < 4.78 is 5.56. The van der Waals surface area contributed by atoms with Gasteiger partial charge in [0, 0.05) is 20.1 Å². The van der Waals surface area contributed by atoms with Crippen molar-refractivity contribution in [3.63, 3.8) is 0 Å². The zero-order valence-electron chi connectivity index (χ0n) is 13.4. The van der Waals surface area contributed by atoms with Gasteiger partial charge in [0.25, 0.3) is 0 Å². The third kappa shape index (κ3) is 4.44. The fourth-order valence-electron chi connectivity index (χ4n) is 2.69. The Morgan fingerprint density at radius 3 is 2.52 bits per heavy atom. The molecule has 1 aliphatic rings. The smallest absolute Gasteiger partial charge is 0.323 e. The van der Waals surface area contributed by atoms with Crippen LogP contribution in [-0.2, 0) is 0 Å². The first kappa shape index (κ1) is 15.8. The second-order valence-electron chi connectivity index (χ2n) is 5.56. The molecule has 1 aromatic rings. The molecular formula is C15H27N5O. The van der Waals surface area contributed by atoms with E-state index in [1.165, 1.54) is 25.7 Å². The number of rotatable bonds is 7. The summed E-state index contributed by atoms with van der Waals surface area (Å²) >= 11 is 0. The summed E-state index contributed by atoms with van der Waals surface area (Å²) in [4.78, 5) is 15.4. The van der Waals surface area contributed by atoms with Crippen LogP contribution in [0.4, 0.5) is 11.9 Å². The van der Waals surface area contributed by atoms with Gasteiger partial charge in [-0.3, -0.25) is 0 Å². The lowest BCUT2D eigenvalue weighted by Gasteiger charge is -2.32. The van der Waals surface area contributed by atoms with Crippen molar-refractivity contribution >= 4 is 11.9 Å². The Balaban J connectivity index is 2.04. The van der Waals surface area contributed by atoms with Crippen LogP contribution in [-0.4, -0.2) is 41.7 Å². The summed E-state index contributed by atoms with van der Waals surface area (Å²) in [5.41, 5.74) is 0. The number of nitrogens with one attached hydrogen (secondary N) is 1. The number of hydrogen-bond donors (Lipinski definition) is 1. The molecule has 0 bridgehead atoms. The molecule has 2 heterocycles. The molecule has 0 radical (unpaired) electrons. The number of hydrogen-bond acceptors (Lipinski definition) is 6. The van der Waals surface area contributed by atoms with Crippen molar-refractivity contribution in [3.8, 4) is 6.01 Å². The standard InChI is InChI=1S/C15H27N5O/c1-4-6-12-7-9-20(10-8-12)14-17-13(16-3)18-15(19-14)21-11-5-2/h12H,4-11H2,1-3H3,(H,16,17,18,19). The van der Waals surface area contributed by atoms with E-state index in [1.54, 1.807) is 0 Å². The minimum Gasteiger partial charge on any atom is -0.463 e. The van der Waals surface area contributed by atoms with Gasteiger partial charge in [-0.15, -0.1) is 0 Å². The molecule has 0 atom stereocenters. The van der Waals surface area contributed by atoms with Gasteiger partial charge in [0.2, 0.25) is 11.9 Å². The lowest BCUT2D eigenvalue weighted by atomic mass is 9.93. The Kier molecular flexibility index (Phi) is 6.02. The van der Waals surface area contributed by atoms with E-state index in [0.29, 0.717) is 18.6 Å². The van der Waals surface area contributed by atoms with Crippen LogP contribution in [0.2, 0.25) is 0 Å².